The van der Waals surface area contributed by atoms with Crippen LogP contribution in [0.1, 0.15) is 25.7 Å². The molecule has 0 spiro atoms. The van der Waals surface area contributed by atoms with Crippen molar-refractivity contribution in [1.82, 2.24) is 0 Å². The number of hydrogen-bond acceptors (Lipinski definition) is 6. The van der Waals surface area contributed by atoms with Crippen molar-refractivity contribution in [2.45, 2.75) is 38.1 Å². The van der Waals surface area contributed by atoms with E-state index in [1.54, 1.807) is 0 Å². The van der Waals surface area contributed by atoms with Gasteiger partial charge in [-0.2, -0.15) is 0 Å². The summed E-state index contributed by atoms with van der Waals surface area (Å²) in [6, 6.07) is 0. The Labute approximate surface area is 115 Å². The fraction of sp³-hybridized carbons (Fsp3) is 1.00. The Kier molecular flexibility index (Phi) is 10.2. The molecule has 0 aromatic rings. The summed E-state index contributed by atoms with van der Waals surface area (Å²) in [7, 11) is 0. The summed E-state index contributed by atoms with van der Waals surface area (Å²) in [6.07, 6.45) is 3.49. The lowest BCUT2D eigenvalue weighted by atomic mass is 10.2. The van der Waals surface area contributed by atoms with Gasteiger partial charge in [-0.05, 0) is 38.8 Å². The summed E-state index contributed by atoms with van der Waals surface area (Å²) in [5.74, 6) is 0. The maximum atomic E-state index is 5.74. The van der Waals surface area contributed by atoms with Crippen LogP contribution in [0.4, 0.5) is 0 Å². The van der Waals surface area contributed by atoms with E-state index in [-0.39, 0.29) is 12.4 Å². The molecule has 0 aromatic carbocycles. The highest BCUT2D eigenvalue weighted by molar-refractivity contribution is 4.59. The molecule has 1 saturated heterocycles. The second kappa shape index (κ2) is 11.6. The van der Waals surface area contributed by atoms with Gasteiger partial charge < -0.3 is 30.4 Å². The van der Waals surface area contributed by atoms with Gasteiger partial charge in [0.25, 0.3) is 0 Å². The summed E-state index contributed by atoms with van der Waals surface area (Å²) in [5.41, 5.74) is 11.0. The lowest BCUT2D eigenvalue weighted by molar-refractivity contribution is -0.156. The van der Waals surface area contributed by atoms with Crippen LogP contribution in [0.2, 0.25) is 0 Å². The zero-order valence-electron chi connectivity index (χ0n) is 11.7. The van der Waals surface area contributed by atoms with E-state index in [4.69, 9.17) is 30.4 Å². The van der Waals surface area contributed by atoms with Crippen molar-refractivity contribution >= 4 is 0 Å². The monoisotopic (exact) mass is 276 g/mol. The number of hydrogen-bond donors (Lipinski definition) is 2. The Balaban J connectivity index is 2.28. The van der Waals surface area contributed by atoms with Gasteiger partial charge >= 0.3 is 0 Å². The molecular weight excluding hydrogens is 248 g/mol. The first kappa shape index (κ1) is 16.8. The Morgan fingerprint density at radius 2 is 1.42 bits per heavy atom. The van der Waals surface area contributed by atoms with E-state index in [0.29, 0.717) is 46.1 Å². The van der Waals surface area contributed by atoms with E-state index in [9.17, 15) is 0 Å². The summed E-state index contributed by atoms with van der Waals surface area (Å²) in [6.45, 7) is 4.12. The lowest BCUT2D eigenvalue weighted by Crippen LogP contribution is -2.24. The summed E-state index contributed by atoms with van der Waals surface area (Å²) < 4.78 is 22.6. The molecule has 1 aliphatic rings. The molecule has 0 aliphatic carbocycles. The van der Waals surface area contributed by atoms with Crippen LogP contribution in [-0.2, 0) is 18.9 Å². The molecule has 0 saturated carbocycles. The Morgan fingerprint density at radius 3 is 2.16 bits per heavy atom. The minimum Gasteiger partial charge on any atom is -0.376 e. The highest BCUT2D eigenvalue weighted by Crippen LogP contribution is 2.08. The number of rotatable bonds is 6. The van der Waals surface area contributed by atoms with Gasteiger partial charge in [0.05, 0.1) is 39.1 Å². The smallest absolute Gasteiger partial charge is 0.157 e. The highest BCUT2D eigenvalue weighted by Gasteiger charge is 2.13. The normalized spacial score (nSPS) is 26.8. The SMILES string of the molecule is NCCCC1COCCOC(CCCN)OCCO1. The molecule has 19 heavy (non-hydrogen) atoms. The van der Waals surface area contributed by atoms with Crippen LogP contribution < -0.4 is 11.5 Å². The van der Waals surface area contributed by atoms with Crippen LogP contribution in [0.15, 0.2) is 0 Å². The van der Waals surface area contributed by atoms with Gasteiger partial charge in [0.2, 0.25) is 0 Å². The second-order valence-corrected chi connectivity index (χ2v) is 4.60. The molecule has 1 heterocycles. The van der Waals surface area contributed by atoms with Crippen LogP contribution in [0.5, 0.6) is 0 Å². The van der Waals surface area contributed by atoms with Crippen molar-refractivity contribution in [2.75, 3.05) is 46.1 Å². The Hall–Kier alpha value is -0.240. The van der Waals surface area contributed by atoms with Crippen LogP contribution in [-0.4, -0.2) is 58.5 Å². The molecule has 6 nitrogen and oxygen atoms in total. The van der Waals surface area contributed by atoms with Crippen molar-refractivity contribution in [3.05, 3.63) is 0 Å². The van der Waals surface area contributed by atoms with Crippen molar-refractivity contribution in [3.63, 3.8) is 0 Å². The minimum atomic E-state index is -0.198. The van der Waals surface area contributed by atoms with Crippen LogP contribution >= 0.6 is 0 Å². The van der Waals surface area contributed by atoms with E-state index < -0.39 is 0 Å². The first-order valence-corrected chi connectivity index (χ1v) is 7.19. The zero-order chi connectivity index (χ0) is 13.8. The predicted molar refractivity (Wildman–Crippen MR) is 72.8 cm³/mol. The quantitative estimate of drug-likeness (QED) is 0.722. The molecule has 1 fully saturated rings. The molecule has 0 aromatic heterocycles. The van der Waals surface area contributed by atoms with E-state index >= 15 is 0 Å². The predicted octanol–water partition coefficient (Wildman–Crippen LogP) is 0.239. The molecule has 0 amide bonds. The van der Waals surface area contributed by atoms with Gasteiger partial charge in [0.15, 0.2) is 6.29 Å². The molecule has 114 valence electrons. The van der Waals surface area contributed by atoms with Crippen molar-refractivity contribution in [3.8, 4) is 0 Å². The van der Waals surface area contributed by atoms with Crippen molar-refractivity contribution in [1.29, 1.82) is 0 Å². The average molecular weight is 276 g/mol. The van der Waals surface area contributed by atoms with Gasteiger partial charge in [-0.1, -0.05) is 0 Å². The molecule has 0 bridgehead atoms. The van der Waals surface area contributed by atoms with Crippen molar-refractivity contribution in [2.24, 2.45) is 11.5 Å². The van der Waals surface area contributed by atoms with Gasteiger partial charge in [0, 0.05) is 0 Å². The zero-order valence-corrected chi connectivity index (χ0v) is 11.7. The molecule has 1 aliphatic heterocycles. The molecule has 0 radical (unpaired) electrons. The maximum absolute atomic E-state index is 5.74. The Morgan fingerprint density at radius 1 is 0.789 bits per heavy atom. The minimum absolute atomic E-state index is 0.104. The van der Waals surface area contributed by atoms with Gasteiger partial charge in [-0.3, -0.25) is 0 Å². The second-order valence-electron chi connectivity index (χ2n) is 4.60. The summed E-state index contributed by atoms with van der Waals surface area (Å²) in [4.78, 5) is 0. The first-order valence-electron chi connectivity index (χ1n) is 7.19. The van der Waals surface area contributed by atoms with Gasteiger partial charge in [0.1, 0.15) is 0 Å². The van der Waals surface area contributed by atoms with Crippen LogP contribution in [0.25, 0.3) is 0 Å². The third-order valence-electron chi connectivity index (χ3n) is 2.95. The van der Waals surface area contributed by atoms with Crippen LogP contribution in [0.3, 0.4) is 0 Å². The molecule has 1 rings (SSSR count). The summed E-state index contributed by atoms with van der Waals surface area (Å²) in [5, 5.41) is 0. The topological polar surface area (TPSA) is 89.0 Å². The van der Waals surface area contributed by atoms with Crippen LogP contribution in [0, 0.1) is 0 Å². The first-order chi connectivity index (χ1) is 9.36. The van der Waals surface area contributed by atoms with Gasteiger partial charge in [-0.15, -0.1) is 0 Å². The van der Waals surface area contributed by atoms with E-state index in [0.717, 1.165) is 25.7 Å². The fourth-order valence-electron chi connectivity index (χ4n) is 1.91. The van der Waals surface area contributed by atoms with Gasteiger partial charge in [-0.25, -0.2) is 0 Å². The molecular formula is C13H28N2O4. The third kappa shape index (κ3) is 8.52. The Bertz CT molecular complexity index is 187. The molecule has 2 unspecified atom stereocenters. The van der Waals surface area contributed by atoms with Crippen molar-refractivity contribution < 1.29 is 18.9 Å². The van der Waals surface area contributed by atoms with E-state index in [1.807, 2.05) is 0 Å². The maximum Gasteiger partial charge on any atom is 0.157 e. The van der Waals surface area contributed by atoms with E-state index in [1.165, 1.54) is 0 Å². The molecule has 4 N–H and O–H groups in total. The lowest BCUT2D eigenvalue weighted by Gasteiger charge is -2.18. The highest BCUT2D eigenvalue weighted by atomic mass is 16.7. The molecule has 6 heteroatoms. The fourth-order valence-corrected chi connectivity index (χ4v) is 1.91. The largest absolute Gasteiger partial charge is 0.376 e. The molecule has 2 atom stereocenters. The van der Waals surface area contributed by atoms with E-state index in [2.05, 4.69) is 0 Å². The standard InChI is InChI=1S/C13H28N2O4/c14-5-1-3-12-11-16-7-8-18-13(4-2-6-15)19-10-9-17-12/h12-13H,1-11,14-15H2. The number of ether oxygens (including phenoxy) is 4. The average Bonchev–Trinajstić information content (AvgIpc) is 2.48. The third-order valence-corrected chi connectivity index (χ3v) is 2.95. The summed E-state index contributed by atoms with van der Waals surface area (Å²) >= 11 is 0. The number of nitrogens with two attached hydrogens (primary N) is 2.